The first-order chi connectivity index (χ1) is 6.15. The summed E-state index contributed by atoms with van der Waals surface area (Å²) in [6.45, 7) is 0.293. The van der Waals surface area contributed by atoms with Crippen LogP contribution >= 0.6 is 0 Å². The van der Waals surface area contributed by atoms with Gasteiger partial charge in [0, 0.05) is 14.1 Å². The second-order valence-corrected chi connectivity index (χ2v) is 2.99. The maximum atomic E-state index is 13.1. The van der Waals surface area contributed by atoms with E-state index in [1.165, 1.54) is 6.07 Å². The Morgan fingerprint density at radius 1 is 1.46 bits per heavy atom. The third-order valence-electron chi connectivity index (χ3n) is 1.74. The molecule has 1 rings (SSSR count). The monoisotopic (exact) mass is 184 g/mol. The molecule has 3 nitrogen and oxygen atoms in total. The molecule has 0 fully saturated rings. The minimum absolute atomic E-state index is 0.245. The van der Waals surface area contributed by atoms with Crippen LogP contribution in [0.3, 0.4) is 0 Å². The van der Waals surface area contributed by atoms with Crippen LogP contribution in [0.4, 0.5) is 10.1 Å². The van der Waals surface area contributed by atoms with Crippen molar-refractivity contribution in [3.05, 3.63) is 29.6 Å². The topological polar surface area (TPSA) is 38.5 Å². The van der Waals surface area contributed by atoms with Crippen molar-refractivity contribution in [3.8, 4) is 0 Å². The largest absolute Gasteiger partial charge is 0.375 e. The van der Waals surface area contributed by atoms with E-state index in [9.17, 15) is 4.39 Å². The van der Waals surface area contributed by atoms with E-state index in [0.717, 1.165) is 5.56 Å². The van der Waals surface area contributed by atoms with Gasteiger partial charge in [-0.15, -0.1) is 0 Å². The van der Waals surface area contributed by atoms with E-state index in [2.05, 4.69) is 4.84 Å². The normalized spacial score (nSPS) is 10.2. The molecule has 0 aliphatic heterocycles. The van der Waals surface area contributed by atoms with Crippen molar-refractivity contribution in [2.45, 2.75) is 6.61 Å². The average molecular weight is 184 g/mol. The lowest BCUT2D eigenvalue weighted by atomic mass is 10.2. The number of nitrogens with zero attached hydrogens (tertiary/aromatic N) is 1. The summed E-state index contributed by atoms with van der Waals surface area (Å²) in [5.41, 5.74) is 1.39. The molecule has 13 heavy (non-hydrogen) atoms. The lowest BCUT2D eigenvalue weighted by Gasteiger charge is -2.14. The van der Waals surface area contributed by atoms with E-state index in [1.807, 2.05) is 0 Å². The number of hydrogen-bond donors (Lipinski definition) is 1. The molecule has 1 aromatic rings. The van der Waals surface area contributed by atoms with Gasteiger partial charge in [-0.25, -0.2) is 10.3 Å². The van der Waals surface area contributed by atoms with Crippen LogP contribution in [0.2, 0.25) is 0 Å². The number of halogens is 1. The van der Waals surface area contributed by atoms with Crippen LogP contribution in [-0.2, 0) is 11.4 Å². The molecule has 0 aromatic heterocycles. The standard InChI is InChI=1S/C9H13FN2O/c1-12(2)9-5-7(6-13-11)3-4-8(9)10/h3-5H,6,11H2,1-2H3. The second kappa shape index (κ2) is 4.20. The summed E-state index contributed by atoms with van der Waals surface area (Å²) in [5.74, 6) is 4.67. The lowest BCUT2D eigenvalue weighted by molar-refractivity contribution is 0.124. The number of rotatable bonds is 3. The van der Waals surface area contributed by atoms with E-state index >= 15 is 0 Å². The van der Waals surface area contributed by atoms with Crippen molar-refractivity contribution < 1.29 is 9.23 Å². The molecule has 0 saturated carbocycles. The number of anilines is 1. The molecule has 0 heterocycles. The fraction of sp³-hybridized carbons (Fsp3) is 0.333. The second-order valence-electron chi connectivity index (χ2n) is 2.99. The Bertz CT molecular complexity index is 289. The zero-order chi connectivity index (χ0) is 9.84. The van der Waals surface area contributed by atoms with Crippen LogP contribution in [-0.4, -0.2) is 14.1 Å². The SMILES string of the molecule is CN(C)c1cc(CON)ccc1F. The van der Waals surface area contributed by atoms with E-state index < -0.39 is 0 Å². The maximum absolute atomic E-state index is 13.1. The first-order valence-electron chi connectivity index (χ1n) is 3.92. The van der Waals surface area contributed by atoms with E-state index in [1.54, 1.807) is 31.1 Å². The molecule has 0 unspecified atom stereocenters. The van der Waals surface area contributed by atoms with Gasteiger partial charge >= 0.3 is 0 Å². The van der Waals surface area contributed by atoms with Gasteiger partial charge in [0.15, 0.2) is 0 Å². The summed E-state index contributed by atoms with van der Waals surface area (Å²) in [6.07, 6.45) is 0. The summed E-state index contributed by atoms with van der Waals surface area (Å²) in [6, 6.07) is 4.76. The minimum atomic E-state index is -0.245. The Kier molecular flexibility index (Phi) is 3.22. The Labute approximate surface area is 76.9 Å². The third kappa shape index (κ3) is 2.40. The molecule has 0 amide bonds. The first kappa shape index (κ1) is 9.95. The van der Waals surface area contributed by atoms with Gasteiger partial charge in [-0.2, -0.15) is 0 Å². The Hall–Kier alpha value is -1.13. The van der Waals surface area contributed by atoms with Gasteiger partial charge in [-0.1, -0.05) is 6.07 Å². The van der Waals surface area contributed by atoms with Gasteiger partial charge in [0.2, 0.25) is 0 Å². The van der Waals surface area contributed by atoms with Crippen molar-refractivity contribution in [2.75, 3.05) is 19.0 Å². The summed E-state index contributed by atoms with van der Waals surface area (Å²) in [4.78, 5) is 6.17. The van der Waals surface area contributed by atoms with Crippen LogP contribution < -0.4 is 10.8 Å². The molecular weight excluding hydrogens is 171 g/mol. The zero-order valence-electron chi connectivity index (χ0n) is 7.75. The van der Waals surface area contributed by atoms with Crippen molar-refractivity contribution >= 4 is 5.69 Å². The molecule has 0 saturated heterocycles. The molecule has 0 aliphatic rings. The summed E-state index contributed by atoms with van der Waals surface area (Å²) in [7, 11) is 3.57. The first-order valence-corrected chi connectivity index (χ1v) is 3.92. The maximum Gasteiger partial charge on any atom is 0.146 e. The zero-order valence-corrected chi connectivity index (χ0v) is 7.75. The molecule has 72 valence electrons. The van der Waals surface area contributed by atoms with Crippen molar-refractivity contribution in [3.63, 3.8) is 0 Å². The molecule has 4 heteroatoms. The number of benzene rings is 1. The fourth-order valence-corrected chi connectivity index (χ4v) is 1.09. The quantitative estimate of drug-likeness (QED) is 0.719. The molecule has 0 radical (unpaired) electrons. The van der Waals surface area contributed by atoms with Gasteiger partial charge in [0.05, 0.1) is 12.3 Å². The Morgan fingerprint density at radius 2 is 2.15 bits per heavy atom. The van der Waals surface area contributed by atoms with E-state index in [-0.39, 0.29) is 5.82 Å². The van der Waals surface area contributed by atoms with Crippen molar-refractivity contribution in [1.29, 1.82) is 0 Å². The van der Waals surface area contributed by atoms with Gasteiger partial charge in [-0.05, 0) is 17.7 Å². The third-order valence-corrected chi connectivity index (χ3v) is 1.74. The van der Waals surface area contributed by atoms with Crippen LogP contribution in [0, 0.1) is 5.82 Å². The van der Waals surface area contributed by atoms with Gasteiger partial charge < -0.3 is 4.90 Å². The fourth-order valence-electron chi connectivity index (χ4n) is 1.09. The van der Waals surface area contributed by atoms with Crippen LogP contribution in [0.15, 0.2) is 18.2 Å². The van der Waals surface area contributed by atoms with Crippen LogP contribution in [0.1, 0.15) is 5.56 Å². The van der Waals surface area contributed by atoms with Gasteiger partial charge in [-0.3, -0.25) is 4.84 Å². The molecule has 0 spiro atoms. The Morgan fingerprint density at radius 3 is 2.69 bits per heavy atom. The minimum Gasteiger partial charge on any atom is -0.375 e. The summed E-state index contributed by atoms with van der Waals surface area (Å²) in [5, 5.41) is 0. The molecular formula is C9H13FN2O. The number of nitrogens with two attached hydrogens (primary N) is 1. The van der Waals surface area contributed by atoms with Gasteiger partial charge in [0.1, 0.15) is 5.82 Å². The molecule has 1 aromatic carbocycles. The lowest BCUT2D eigenvalue weighted by Crippen LogP contribution is -2.11. The highest BCUT2D eigenvalue weighted by molar-refractivity contribution is 5.48. The predicted molar refractivity (Wildman–Crippen MR) is 49.7 cm³/mol. The molecule has 0 atom stereocenters. The molecule has 2 N–H and O–H groups in total. The van der Waals surface area contributed by atoms with Crippen LogP contribution in [0.5, 0.6) is 0 Å². The highest BCUT2D eigenvalue weighted by Gasteiger charge is 2.04. The Balaban J connectivity index is 2.97. The highest BCUT2D eigenvalue weighted by atomic mass is 19.1. The van der Waals surface area contributed by atoms with Crippen molar-refractivity contribution in [1.82, 2.24) is 0 Å². The summed E-state index contributed by atoms with van der Waals surface area (Å²) < 4.78 is 13.1. The van der Waals surface area contributed by atoms with Gasteiger partial charge in [0.25, 0.3) is 0 Å². The van der Waals surface area contributed by atoms with E-state index in [4.69, 9.17) is 5.90 Å². The average Bonchev–Trinajstić information content (AvgIpc) is 2.08. The van der Waals surface area contributed by atoms with Crippen molar-refractivity contribution in [2.24, 2.45) is 5.90 Å². The molecule has 0 bridgehead atoms. The number of hydrogen-bond acceptors (Lipinski definition) is 3. The predicted octanol–water partition coefficient (Wildman–Crippen LogP) is 1.28. The van der Waals surface area contributed by atoms with E-state index in [0.29, 0.717) is 12.3 Å². The smallest absolute Gasteiger partial charge is 0.146 e. The summed E-state index contributed by atoms with van der Waals surface area (Å²) >= 11 is 0. The molecule has 0 aliphatic carbocycles. The van der Waals surface area contributed by atoms with Crippen LogP contribution in [0.25, 0.3) is 0 Å². The highest BCUT2D eigenvalue weighted by Crippen LogP contribution is 2.18.